The van der Waals surface area contributed by atoms with Crippen LogP contribution < -0.4 is 26.0 Å². The number of fused-ring (bicyclic) bond motifs is 2. The summed E-state index contributed by atoms with van der Waals surface area (Å²) in [6, 6.07) is 13.1. The Labute approximate surface area is 277 Å². The number of carbonyl (C=O) groups is 4. The van der Waals surface area contributed by atoms with Gasteiger partial charge in [-0.05, 0) is 79.9 Å². The minimum atomic E-state index is -1.48. The van der Waals surface area contributed by atoms with E-state index < -0.39 is 40.6 Å². The molecule has 1 spiro atoms. The van der Waals surface area contributed by atoms with E-state index in [1.165, 1.54) is 12.1 Å². The molecule has 2 unspecified atom stereocenters. The van der Waals surface area contributed by atoms with E-state index in [2.05, 4.69) is 21.3 Å². The van der Waals surface area contributed by atoms with Gasteiger partial charge in [0.05, 0.1) is 6.04 Å². The first-order valence-corrected chi connectivity index (χ1v) is 15.7. The molecular weight excluding hydrogens is 634 g/mol. The van der Waals surface area contributed by atoms with Crippen LogP contribution in [0.2, 0.25) is 10.0 Å². The van der Waals surface area contributed by atoms with Gasteiger partial charge < -0.3 is 26.0 Å². The Morgan fingerprint density at radius 1 is 1.04 bits per heavy atom. The highest BCUT2D eigenvalue weighted by Gasteiger charge is 2.62. The second-order valence-corrected chi connectivity index (χ2v) is 12.3. The quantitative estimate of drug-likeness (QED) is 0.171. The van der Waals surface area contributed by atoms with Crippen LogP contribution in [0.5, 0.6) is 5.75 Å². The average Bonchev–Trinajstić information content (AvgIpc) is 3.30. The van der Waals surface area contributed by atoms with E-state index in [0.29, 0.717) is 44.4 Å². The molecule has 0 bridgehead atoms. The number of halogens is 3. The first-order valence-electron chi connectivity index (χ1n) is 15.0. The average molecular weight is 672 g/mol. The third-order valence-corrected chi connectivity index (χ3v) is 8.67. The van der Waals surface area contributed by atoms with Crippen LogP contribution in [0.3, 0.4) is 0 Å². The molecule has 2 aliphatic rings. The molecule has 0 aliphatic carbocycles. The van der Waals surface area contributed by atoms with E-state index in [0.717, 1.165) is 0 Å². The molecule has 2 heterocycles. The van der Waals surface area contributed by atoms with Gasteiger partial charge in [-0.3, -0.25) is 19.2 Å². The number of hydrogen-bond acceptors (Lipinski definition) is 5. The van der Waals surface area contributed by atoms with Crippen LogP contribution in [0.25, 0.3) is 0 Å². The summed E-state index contributed by atoms with van der Waals surface area (Å²) in [5, 5.41) is 11.9. The monoisotopic (exact) mass is 670 g/mol. The third kappa shape index (κ3) is 6.55. The van der Waals surface area contributed by atoms with Crippen LogP contribution in [0.1, 0.15) is 68.3 Å². The van der Waals surface area contributed by atoms with Crippen molar-refractivity contribution >= 4 is 53.0 Å². The van der Waals surface area contributed by atoms with Gasteiger partial charge in [-0.1, -0.05) is 49.2 Å². The summed E-state index contributed by atoms with van der Waals surface area (Å²) in [5.41, 5.74) is -0.317. The molecule has 3 atom stereocenters. The van der Waals surface area contributed by atoms with E-state index in [4.69, 9.17) is 27.9 Å². The maximum atomic E-state index is 14.7. The number of amides is 4. The number of nitrogens with one attached hydrogen (secondary N) is 4. The molecule has 3 aromatic rings. The number of aryl methyl sites for hydroxylation is 1. The number of carbonyl (C=O) groups excluding carboxylic acids is 4. The molecule has 0 aromatic heterocycles. The smallest absolute Gasteiger partial charge is 0.263 e. The van der Waals surface area contributed by atoms with E-state index in [1.54, 1.807) is 63.2 Å². The van der Waals surface area contributed by atoms with Gasteiger partial charge in [0, 0.05) is 46.7 Å². The van der Waals surface area contributed by atoms with Crippen molar-refractivity contribution in [2.45, 2.75) is 64.0 Å². The largest absolute Gasteiger partial charge is 0.478 e. The van der Waals surface area contributed by atoms with Crippen molar-refractivity contribution in [1.82, 2.24) is 16.0 Å². The van der Waals surface area contributed by atoms with Crippen LogP contribution in [0, 0.1) is 12.7 Å². The maximum Gasteiger partial charge on any atom is 0.263 e. The topological polar surface area (TPSA) is 126 Å². The predicted molar refractivity (Wildman–Crippen MR) is 176 cm³/mol. The summed E-state index contributed by atoms with van der Waals surface area (Å²) in [4.78, 5) is 51.5. The lowest BCUT2D eigenvalue weighted by molar-refractivity contribution is -0.135. The number of benzene rings is 3. The zero-order valence-electron chi connectivity index (χ0n) is 26.2. The molecule has 0 saturated carbocycles. The van der Waals surface area contributed by atoms with E-state index >= 15 is 0 Å². The summed E-state index contributed by atoms with van der Waals surface area (Å²) < 4.78 is 21.0. The lowest BCUT2D eigenvalue weighted by Crippen LogP contribution is -2.57. The summed E-state index contributed by atoms with van der Waals surface area (Å²) in [6.07, 6.45) is 0.398. The molecule has 0 radical (unpaired) electrons. The molecule has 2 aliphatic heterocycles. The van der Waals surface area contributed by atoms with E-state index in [1.807, 2.05) is 13.8 Å². The lowest BCUT2D eigenvalue weighted by atomic mass is 9.59. The van der Waals surface area contributed by atoms with Gasteiger partial charge >= 0.3 is 0 Å². The van der Waals surface area contributed by atoms with Crippen molar-refractivity contribution in [3.8, 4) is 5.75 Å². The molecule has 4 N–H and O–H groups in total. The van der Waals surface area contributed by atoms with Gasteiger partial charge in [0.1, 0.15) is 17.0 Å². The van der Waals surface area contributed by atoms with Crippen molar-refractivity contribution in [2.24, 2.45) is 0 Å². The maximum absolute atomic E-state index is 14.7. The summed E-state index contributed by atoms with van der Waals surface area (Å²) in [6.45, 7) is 9.35. The Morgan fingerprint density at radius 2 is 1.74 bits per heavy atom. The Kier molecular flexibility index (Phi) is 10.6. The fourth-order valence-electron chi connectivity index (χ4n) is 6.17. The normalized spacial score (nSPS) is 20.1. The van der Waals surface area contributed by atoms with E-state index in [-0.39, 0.29) is 31.2 Å². The lowest BCUT2D eigenvalue weighted by Gasteiger charge is -2.47. The summed E-state index contributed by atoms with van der Waals surface area (Å²) >= 11 is 12.8. The molecule has 4 amide bonds. The second kappa shape index (κ2) is 14.1. The highest BCUT2D eigenvalue weighted by atomic mass is 35.5. The van der Waals surface area contributed by atoms with Gasteiger partial charge in [-0.2, -0.15) is 0 Å². The minimum Gasteiger partial charge on any atom is -0.478 e. The van der Waals surface area contributed by atoms with Gasteiger partial charge in [0.25, 0.3) is 5.91 Å². The standard InChI is InChI=1S/C32H31Cl2FN4O5.C2H6/c1-17-4-7-20(35)14-21(17)28-32(23-8-5-19(34)13-25(23)38-30(32)43)24(15-27(41)39-28)22-12-18(33)6-9-26(22)44-31(2,3)29(42)37-11-10-36-16-40;1-2/h4-9,12-14,16,24,28H,10-11,15H2,1-3H3,(H,36,40)(H,37,42)(H,38,43)(H,39,41);1-2H3/t24?,28?,32-;/m1./s1. The third-order valence-electron chi connectivity index (χ3n) is 8.20. The zero-order chi connectivity index (χ0) is 33.8. The molecule has 46 heavy (non-hydrogen) atoms. The summed E-state index contributed by atoms with van der Waals surface area (Å²) in [7, 11) is 0. The highest BCUT2D eigenvalue weighted by Crippen LogP contribution is 2.59. The first kappa shape index (κ1) is 34.7. The van der Waals surface area contributed by atoms with Crippen molar-refractivity contribution < 1.29 is 28.3 Å². The van der Waals surface area contributed by atoms with Gasteiger partial charge in [-0.15, -0.1) is 0 Å². The molecule has 1 fully saturated rings. The molecule has 3 aromatic carbocycles. The SMILES string of the molecule is CC.Cc1ccc(F)cc1C1NC(=O)CC(c2cc(Cl)ccc2OC(C)(C)C(=O)NCCNC=O)[C@@]12C(=O)Nc1cc(Cl)ccc12. The van der Waals surface area contributed by atoms with Gasteiger partial charge in [-0.25, -0.2) is 4.39 Å². The van der Waals surface area contributed by atoms with Crippen molar-refractivity contribution in [3.63, 3.8) is 0 Å². The van der Waals surface area contributed by atoms with Crippen molar-refractivity contribution in [1.29, 1.82) is 0 Å². The van der Waals surface area contributed by atoms with Crippen LogP contribution in [-0.2, 0) is 24.6 Å². The fourth-order valence-corrected chi connectivity index (χ4v) is 6.52. The van der Waals surface area contributed by atoms with Crippen LogP contribution in [0.15, 0.2) is 54.6 Å². The molecule has 5 rings (SSSR count). The summed E-state index contributed by atoms with van der Waals surface area (Å²) in [5.74, 6) is -2.38. The highest BCUT2D eigenvalue weighted by molar-refractivity contribution is 6.31. The van der Waals surface area contributed by atoms with Gasteiger partial charge in [0.15, 0.2) is 5.60 Å². The number of ether oxygens (including phenoxy) is 1. The van der Waals surface area contributed by atoms with Crippen LogP contribution in [0.4, 0.5) is 10.1 Å². The van der Waals surface area contributed by atoms with Crippen LogP contribution in [-0.4, -0.2) is 42.8 Å². The molecular formula is C34H37Cl2FN4O5. The molecule has 1 saturated heterocycles. The van der Waals surface area contributed by atoms with E-state index in [9.17, 15) is 23.6 Å². The van der Waals surface area contributed by atoms with Crippen molar-refractivity contribution in [2.75, 3.05) is 18.4 Å². The Balaban J connectivity index is 0.00000235. The van der Waals surface area contributed by atoms with Crippen molar-refractivity contribution in [3.05, 3.63) is 92.7 Å². The first-order chi connectivity index (χ1) is 21.9. The predicted octanol–water partition coefficient (Wildman–Crippen LogP) is 5.72. The molecule has 9 nitrogen and oxygen atoms in total. The Hall–Kier alpha value is -4.15. The fraction of sp³-hybridized carbons (Fsp3) is 0.353. The second-order valence-electron chi connectivity index (χ2n) is 11.4. The van der Waals surface area contributed by atoms with Gasteiger partial charge in [0.2, 0.25) is 18.2 Å². The van der Waals surface area contributed by atoms with Crippen LogP contribution >= 0.6 is 23.2 Å². The Morgan fingerprint density at radius 3 is 2.46 bits per heavy atom. The Bertz CT molecular complexity index is 1670. The number of anilines is 1. The zero-order valence-corrected chi connectivity index (χ0v) is 27.7. The number of piperidine rings is 1. The minimum absolute atomic E-state index is 0.138. The number of rotatable bonds is 9. The molecule has 12 heteroatoms. The number of hydrogen-bond donors (Lipinski definition) is 4. The molecule has 244 valence electrons.